The Morgan fingerprint density at radius 1 is 1.09 bits per heavy atom. The molecule has 0 radical (unpaired) electrons. The van der Waals surface area contributed by atoms with Crippen molar-refractivity contribution in [3.8, 4) is 0 Å². The summed E-state index contributed by atoms with van der Waals surface area (Å²) in [5.74, 6) is -3.36. The molecule has 2 atom stereocenters. The summed E-state index contributed by atoms with van der Waals surface area (Å²) in [7, 11) is 0. The second-order valence-electron chi connectivity index (χ2n) is 5.41. The average Bonchev–Trinajstić information content (AvgIpc) is 2.46. The number of nitrogens with one attached hydrogen (secondary N) is 1. The predicted molar refractivity (Wildman–Crippen MR) is 87.5 cm³/mol. The van der Waals surface area contributed by atoms with Gasteiger partial charge >= 0.3 is 0 Å². The van der Waals surface area contributed by atoms with E-state index in [9.17, 15) is 13.2 Å². The van der Waals surface area contributed by atoms with E-state index in [-0.39, 0.29) is 36.8 Å². The number of benzene rings is 1. The van der Waals surface area contributed by atoms with Crippen molar-refractivity contribution >= 4 is 24.8 Å². The molecule has 0 saturated carbocycles. The second kappa shape index (κ2) is 9.60. The lowest BCUT2D eigenvalue weighted by Crippen LogP contribution is -2.46. The molecule has 0 spiro atoms. The molecule has 0 amide bonds. The summed E-state index contributed by atoms with van der Waals surface area (Å²) in [6.45, 7) is 7.49. The van der Waals surface area contributed by atoms with Crippen LogP contribution in [0.1, 0.15) is 31.9 Å². The van der Waals surface area contributed by atoms with E-state index < -0.39 is 17.5 Å². The van der Waals surface area contributed by atoms with Crippen LogP contribution in [0.2, 0.25) is 0 Å². The first-order valence-corrected chi connectivity index (χ1v) is 7.13. The van der Waals surface area contributed by atoms with Gasteiger partial charge in [-0.15, -0.1) is 24.8 Å². The van der Waals surface area contributed by atoms with Crippen LogP contribution >= 0.6 is 24.8 Å². The number of hydrogen-bond donors (Lipinski definition) is 1. The quantitative estimate of drug-likeness (QED) is 0.820. The first kappa shape index (κ1) is 21.5. The maximum absolute atomic E-state index is 13.5. The van der Waals surface area contributed by atoms with Crippen molar-refractivity contribution in [2.24, 2.45) is 5.92 Å². The van der Waals surface area contributed by atoms with E-state index in [0.29, 0.717) is 5.56 Å². The maximum Gasteiger partial charge on any atom is 0.194 e. The molecule has 1 aliphatic heterocycles. The normalized spacial score (nSPS) is 18.0. The molecule has 1 aromatic carbocycles. The van der Waals surface area contributed by atoms with Crippen LogP contribution in [0, 0.1) is 23.4 Å². The van der Waals surface area contributed by atoms with Crippen LogP contribution in [0.4, 0.5) is 13.2 Å². The van der Waals surface area contributed by atoms with Crippen molar-refractivity contribution in [1.29, 1.82) is 0 Å². The van der Waals surface area contributed by atoms with Crippen molar-refractivity contribution in [2.45, 2.75) is 26.3 Å². The molecule has 0 aliphatic carbocycles. The van der Waals surface area contributed by atoms with Gasteiger partial charge in [-0.25, -0.2) is 13.2 Å². The van der Waals surface area contributed by atoms with Gasteiger partial charge in [-0.05, 0) is 23.6 Å². The van der Waals surface area contributed by atoms with E-state index in [1.54, 1.807) is 0 Å². The number of halogens is 5. The molecular weight excluding hydrogens is 336 g/mol. The Balaban J connectivity index is 0.00000220. The van der Waals surface area contributed by atoms with Gasteiger partial charge in [0.15, 0.2) is 17.5 Å². The Bertz CT molecular complexity index is 445. The van der Waals surface area contributed by atoms with Gasteiger partial charge in [0.2, 0.25) is 0 Å². The zero-order chi connectivity index (χ0) is 14.7. The molecule has 1 unspecified atom stereocenters. The highest BCUT2D eigenvalue weighted by Crippen LogP contribution is 2.32. The summed E-state index contributed by atoms with van der Waals surface area (Å²) >= 11 is 0. The van der Waals surface area contributed by atoms with Crippen molar-refractivity contribution in [2.75, 3.05) is 26.2 Å². The van der Waals surface area contributed by atoms with Gasteiger partial charge in [0, 0.05) is 32.2 Å². The molecule has 0 aromatic heterocycles. The van der Waals surface area contributed by atoms with Crippen LogP contribution in [0.15, 0.2) is 12.1 Å². The van der Waals surface area contributed by atoms with Gasteiger partial charge in [-0.1, -0.05) is 20.3 Å². The van der Waals surface area contributed by atoms with Crippen molar-refractivity contribution in [1.82, 2.24) is 10.2 Å². The lowest BCUT2D eigenvalue weighted by Gasteiger charge is -2.38. The smallest absolute Gasteiger partial charge is 0.194 e. The molecule has 1 aliphatic rings. The van der Waals surface area contributed by atoms with Crippen LogP contribution in [-0.4, -0.2) is 31.1 Å². The Morgan fingerprint density at radius 3 is 2.05 bits per heavy atom. The van der Waals surface area contributed by atoms with Crippen molar-refractivity contribution < 1.29 is 13.2 Å². The van der Waals surface area contributed by atoms with E-state index in [1.807, 2.05) is 0 Å². The zero-order valence-corrected chi connectivity index (χ0v) is 14.4. The fraction of sp³-hybridized carbons (Fsp3) is 0.600. The Labute approximate surface area is 142 Å². The van der Waals surface area contributed by atoms with Gasteiger partial charge in [-0.2, -0.15) is 0 Å². The van der Waals surface area contributed by atoms with Crippen LogP contribution in [0.5, 0.6) is 0 Å². The van der Waals surface area contributed by atoms with E-state index in [0.717, 1.165) is 44.7 Å². The fourth-order valence-corrected chi connectivity index (χ4v) is 2.83. The topological polar surface area (TPSA) is 15.3 Å². The second-order valence-corrected chi connectivity index (χ2v) is 5.41. The summed E-state index contributed by atoms with van der Waals surface area (Å²) in [4.78, 5) is 2.22. The molecular formula is C15H23Cl2F3N2. The van der Waals surface area contributed by atoms with Crippen LogP contribution < -0.4 is 5.32 Å². The highest BCUT2D eigenvalue weighted by atomic mass is 35.5. The molecule has 2 nitrogen and oxygen atoms in total. The van der Waals surface area contributed by atoms with E-state index in [4.69, 9.17) is 0 Å². The van der Waals surface area contributed by atoms with Gasteiger partial charge < -0.3 is 5.32 Å². The summed E-state index contributed by atoms with van der Waals surface area (Å²) in [6.07, 6.45) is 0.898. The third kappa shape index (κ3) is 4.75. The minimum absolute atomic E-state index is 0. The number of nitrogens with zero attached hydrogens (tertiary/aromatic N) is 1. The molecule has 0 bridgehead atoms. The largest absolute Gasteiger partial charge is 0.314 e. The lowest BCUT2D eigenvalue weighted by molar-refractivity contribution is 0.128. The molecule has 1 fully saturated rings. The van der Waals surface area contributed by atoms with Gasteiger partial charge in [0.25, 0.3) is 0 Å². The van der Waals surface area contributed by atoms with Crippen molar-refractivity contribution in [3.05, 3.63) is 35.1 Å². The van der Waals surface area contributed by atoms with Crippen LogP contribution in [0.25, 0.3) is 0 Å². The first-order chi connectivity index (χ1) is 9.54. The third-order valence-electron chi connectivity index (χ3n) is 4.08. The molecule has 22 heavy (non-hydrogen) atoms. The highest BCUT2D eigenvalue weighted by Gasteiger charge is 2.28. The summed E-state index contributed by atoms with van der Waals surface area (Å²) < 4.78 is 40.1. The SMILES string of the molecule is CCC(C)[C@@H](c1cc(F)c(F)c(F)c1)N1CCNCC1.Cl.Cl. The first-order valence-electron chi connectivity index (χ1n) is 7.13. The van der Waals surface area contributed by atoms with Crippen LogP contribution in [0.3, 0.4) is 0 Å². The summed E-state index contributed by atoms with van der Waals surface area (Å²) in [5.41, 5.74) is 0.526. The van der Waals surface area contributed by atoms with Crippen LogP contribution in [-0.2, 0) is 0 Å². The molecule has 1 heterocycles. The summed E-state index contributed by atoms with van der Waals surface area (Å²) in [6, 6.07) is 2.20. The molecule has 1 saturated heterocycles. The minimum Gasteiger partial charge on any atom is -0.314 e. The number of hydrogen-bond acceptors (Lipinski definition) is 2. The van der Waals surface area contributed by atoms with Gasteiger partial charge in [0.1, 0.15) is 0 Å². The average molecular weight is 359 g/mol. The number of rotatable bonds is 4. The predicted octanol–water partition coefficient (Wildman–Crippen LogP) is 3.94. The van der Waals surface area contributed by atoms with Gasteiger partial charge in [-0.3, -0.25) is 4.90 Å². The molecule has 1 N–H and O–H groups in total. The fourth-order valence-electron chi connectivity index (χ4n) is 2.83. The molecule has 1 aromatic rings. The minimum atomic E-state index is -1.39. The Morgan fingerprint density at radius 2 is 1.59 bits per heavy atom. The van der Waals surface area contributed by atoms with E-state index in [2.05, 4.69) is 24.1 Å². The molecule has 7 heteroatoms. The van der Waals surface area contributed by atoms with E-state index in [1.165, 1.54) is 0 Å². The Kier molecular flexibility index (Phi) is 9.39. The maximum atomic E-state index is 13.5. The Hall–Kier alpha value is -0.490. The standard InChI is InChI=1S/C15H21F3N2.2ClH/c1-3-10(2)15(20-6-4-19-5-7-20)11-8-12(16)14(18)13(17)9-11;;/h8-10,15,19H,3-7H2,1-2H3;2*1H/t10?,15-;;/m0../s1. The lowest BCUT2D eigenvalue weighted by atomic mass is 9.90. The summed E-state index contributed by atoms with van der Waals surface area (Å²) in [5, 5.41) is 3.26. The van der Waals surface area contributed by atoms with E-state index >= 15 is 0 Å². The van der Waals surface area contributed by atoms with Gasteiger partial charge in [0.05, 0.1) is 0 Å². The zero-order valence-electron chi connectivity index (χ0n) is 12.7. The highest BCUT2D eigenvalue weighted by molar-refractivity contribution is 5.85. The van der Waals surface area contributed by atoms with Crippen molar-refractivity contribution in [3.63, 3.8) is 0 Å². The number of piperazine rings is 1. The third-order valence-corrected chi connectivity index (χ3v) is 4.08. The molecule has 128 valence electrons. The monoisotopic (exact) mass is 358 g/mol. The molecule has 2 rings (SSSR count).